The molecule has 0 saturated heterocycles. The Morgan fingerprint density at radius 1 is 1.14 bits per heavy atom. The Morgan fingerprint density at radius 2 is 1.86 bits per heavy atom. The average Bonchev–Trinajstić information content (AvgIpc) is 2.40. The second kappa shape index (κ2) is 6.15. The van der Waals surface area contributed by atoms with Gasteiger partial charge in [0.2, 0.25) is 5.91 Å². The van der Waals surface area contributed by atoms with E-state index >= 15 is 0 Å². The molecule has 2 aromatic carbocycles. The quantitative estimate of drug-likeness (QED) is 0.909. The molecule has 0 heterocycles. The standard InChI is InChI=1S/C15H15FN2O3S/c1-10-8-14(6-7-15(10)17-11(2)19)22(20,21)18-13-5-3-4-12(16)9-13/h3-9,18H,1-2H3,(H,17,19). The molecule has 22 heavy (non-hydrogen) atoms. The van der Waals surface area contributed by atoms with Gasteiger partial charge in [-0.05, 0) is 48.9 Å². The predicted molar refractivity (Wildman–Crippen MR) is 82.7 cm³/mol. The van der Waals surface area contributed by atoms with Crippen molar-refractivity contribution in [2.45, 2.75) is 18.7 Å². The van der Waals surface area contributed by atoms with Crippen LogP contribution in [-0.4, -0.2) is 14.3 Å². The molecule has 116 valence electrons. The van der Waals surface area contributed by atoms with Crippen LogP contribution in [0.25, 0.3) is 0 Å². The molecular weight excluding hydrogens is 307 g/mol. The van der Waals surface area contributed by atoms with Crippen LogP contribution in [0.5, 0.6) is 0 Å². The van der Waals surface area contributed by atoms with Crippen LogP contribution >= 0.6 is 0 Å². The number of sulfonamides is 1. The molecule has 0 unspecified atom stereocenters. The van der Waals surface area contributed by atoms with Gasteiger partial charge in [-0.15, -0.1) is 0 Å². The van der Waals surface area contributed by atoms with E-state index in [0.717, 1.165) is 6.07 Å². The minimum atomic E-state index is -3.83. The minimum Gasteiger partial charge on any atom is -0.326 e. The van der Waals surface area contributed by atoms with Crippen molar-refractivity contribution in [3.8, 4) is 0 Å². The van der Waals surface area contributed by atoms with Gasteiger partial charge in [0.05, 0.1) is 10.6 Å². The minimum absolute atomic E-state index is 0.0309. The summed E-state index contributed by atoms with van der Waals surface area (Å²) in [4.78, 5) is 11.1. The number of halogens is 1. The highest BCUT2D eigenvalue weighted by molar-refractivity contribution is 7.92. The van der Waals surface area contributed by atoms with E-state index in [1.807, 2.05) is 0 Å². The maximum atomic E-state index is 13.1. The van der Waals surface area contributed by atoms with E-state index in [1.165, 1.54) is 43.3 Å². The van der Waals surface area contributed by atoms with E-state index < -0.39 is 15.8 Å². The summed E-state index contributed by atoms with van der Waals surface area (Å²) in [6.07, 6.45) is 0. The summed E-state index contributed by atoms with van der Waals surface area (Å²) in [6, 6.07) is 9.52. The number of benzene rings is 2. The molecule has 0 spiro atoms. The fourth-order valence-electron chi connectivity index (χ4n) is 1.90. The Balaban J connectivity index is 2.30. The van der Waals surface area contributed by atoms with Gasteiger partial charge in [0, 0.05) is 12.6 Å². The van der Waals surface area contributed by atoms with Crippen molar-refractivity contribution >= 4 is 27.3 Å². The third-order valence-electron chi connectivity index (χ3n) is 2.90. The summed E-state index contributed by atoms with van der Waals surface area (Å²) >= 11 is 0. The summed E-state index contributed by atoms with van der Waals surface area (Å²) in [7, 11) is -3.83. The van der Waals surface area contributed by atoms with Crippen LogP contribution in [0.15, 0.2) is 47.4 Å². The maximum absolute atomic E-state index is 13.1. The fraction of sp³-hybridized carbons (Fsp3) is 0.133. The zero-order valence-corrected chi connectivity index (χ0v) is 12.9. The lowest BCUT2D eigenvalue weighted by molar-refractivity contribution is -0.114. The van der Waals surface area contributed by atoms with E-state index in [9.17, 15) is 17.6 Å². The van der Waals surface area contributed by atoms with Gasteiger partial charge in [0.25, 0.3) is 10.0 Å². The van der Waals surface area contributed by atoms with Crippen LogP contribution in [0.1, 0.15) is 12.5 Å². The van der Waals surface area contributed by atoms with Crippen molar-refractivity contribution in [2.75, 3.05) is 10.0 Å². The molecule has 2 aromatic rings. The molecule has 2 rings (SSSR count). The van der Waals surface area contributed by atoms with E-state index in [-0.39, 0.29) is 16.5 Å². The molecule has 0 aliphatic rings. The molecule has 0 bridgehead atoms. The van der Waals surface area contributed by atoms with Crippen molar-refractivity contribution in [3.05, 3.63) is 53.8 Å². The van der Waals surface area contributed by atoms with Gasteiger partial charge in [-0.1, -0.05) is 6.07 Å². The Labute approximate surface area is 128 Å². The van der Waals surface area contributed by atoms with Crippen molar-refractivity contribution in [1.82, 2.24) is 0 Å². The second-order valence-corrected chi connectivity index (χ2v) is 6.46. The van der Waals surface area contributed by atoms with Gasteiger partial charge < -0.3 is 5.32 Å². The monoisotopic (exact) mass is 322 g/mol. The summed E-state index contributed by atoms with van der Waals surface area (Å²) in [5.41, 5.74) is 1.29. The first-order chi connectivity index (χ1) is 10.3. The van der Waals surface area contributed by atoms with Crippen LogP contribution < -0.4 is 10.0 Å². The molecule has 0 aliphatic heterocycles. The van der Waals surface area contributed by atoms with Crippen LogP contribution in [0, 0.1) is 12.7 Å². The lowest BCUT2D eigenvalue weighted by atomic mass is 10.2. The summed E-state index contributed by atoms with van der Waals surface area (Å²) in [6.45, 7) is 3.06. The third-order valence-corrected chi connectivity index (χ3v) is 4.27. The Hall–Kier alpha value is -2.41. The zero-order chi connectivity index (χ0) is 16.3. The van der Waals surface area contributed by atoms with Gasteiger partial charge in [-0.2, -0.15) is 0 Å². The van der Waals surface area contributed by atoms with Gasteiger partial charge in [-0.25, -0.2) is 12.8 Å². The van der Waals surface area contributed by atoms with Crippen LogP contribution in [0.4, 0.5) is 15.8 Å². The number of carbonyl (C=O) groups is 1. The normalized spacial score (nSPS) is 11.0. The molecule has 1 amide bonds. The second-order valence-electron chi connectivity index (χ2n) is 4.77. The van der Waals surface area contributed by atoms with Crippen LogP contribution in [0.3, 0.4) is 0 Å². The van der Waals surface area contributed by atoms with E-state index in [4.69, 9.17) is 0 Å². The summed E-state index contributed by atoms with van der Waals surface area (Å²) in [5.74, 6) is -0.769. The van der Waals surface area contributed by atoms with Gasteiger partial charge in [0.1, 0.15) is 5.82 Å². The first kappa shape index (κ1) is 16.0. The highest BCUT2D eigenvalue weighted by Gasteiger charge is 2.16. The largest absolute Gasteiger partial charge is 0.326 e. The lowest BCUT2D eigenvalue weighted by Gasteiger charge is -2.11. The Kier molecular flexibility index (Phi) is 4.46. The van der Waals surface area contributed by atoms with E-state index in [0.29, 0.717) is 11.3 Å². The van der Waals surface area contributed by atoms with Crippen molar-refractivity contribution in [3.63, 3.8) is 0 Å². The smallest absolute Gasteiger partial charge is 0.261 e. The number of rotatable bonds is 4. The number of hydrogen-bond donors (Lipinski definition) is 2. The molecular formula is C15H15FN2O3S. The fourth-order valence-corrected chi connectivity index (χ4v) is 3.03. The maximum Gasteiger partial charge on any atom is 0.261 e. The first-order valence-corrected chi connectivity index (χ1v) is 7.93. The van der Waals surface area contributed by atoms with Gasteiger partial charge >= 0.3 is 0 Å². The van der Waals surface area contributed by atoms with Crippen molar-refractivity contribution in [2.24, 2.45) is 0 Å². The molecule has 0 aliphatic carbocycles. The number of aryl methyl sites for hydroxylation is 1. The van der Waals surface area contributed by atoms with Crippen molar-refractivity contribution in [1.29, 1.82) is 0 Å². The molecule has 7 heteroatoms. The molecule has 0 atom stereocenters. The molecule has 0 fully saturated rings. The van der Waals surface area contributed by atoms with E-state index in [1.54, 1.807) is 6.92 Å². The number of hydrogen-bond acceptors (Lipinski definition) is 3. The Bertz CT molecular complexity index is 819. The van der Waals surface area contributed by atoms with Crippen molar-refractivity contribution < 1.29 is 17.6 Å². The summed E-state index contributed by atoms with van der Waals surface area (Å²) < 4.78 is 40.0. The van der Waals surface area contributed by atoms with Gasteiger partial charge in [-0.3, -0.25) is 9.52 Å². The SMILES string of the molecule is CC(=O)Nc1ccc(S(=O)(=O)Nc2cccc(F)c2)cc1C. The molecule has 5 nitrogen and oxygen atoms in total. The first-order valence-electron chi connectivity index (χ1n) is 6.44. The number of carbonyl (C=O) groups excluding carboxylic acids is 1. The topological polar surface area (TPSA) is 75.3 Å². The van der Waals surface area contributed by atoms with E-state index in [2.05, 4.69) is 10.0 Å². The molecule has 0 saturated carbocycles. The molecule has 2 N–H and O–H groups in total. The third kappa shape index (κ3) is 3.82. The Morgan fingerprint density at radius 3 is 2.45 bits per heavy atom. The number of amides is 1. The van der Waals surface area contributed by atoms with Crippen LogP contribution in [-0.2, 0) is 14.8 Å². The molecule has 0 aromatic heterocycles. The van der Waals surface area contributed by atoms with Crippen LogP contribution in [0.2, 0.25) is 0 Å². The highest BCUT2D eigenvalue weighted by atomic mass is 32.2. The predicted octanol–water partition coefficient (Wildman–Crippen LogP) is 2.89. The zero-order valence-electron chi connectivity index (χ0n) is 12.1. The lowest BCUT2D eigenvalue weighted by Crippen LogP contribution is -2.14. The summed E-state index contributed by atoms with van der Waals surface area (Å²) in [5, 5.41) is 2.61. The van der Waals surface area contributed by atoms with Gasteiger partial charge in [0.15, 0.2) is 0 Å². The number of anilines is 2. The number of nitrogens with one attached hydrogen (secondary N) is 2. The highest BCUT2D eigenvalue weighted by Crippen LogP contribution is 2.22. The average molecular weight is 322 g/mol. The molecule has 0 radical (unpaired) electrons.